The number of hydrogen-bond donors (Lipinski definition) is 1. The molecule has 0 radical (unpaired) electrons. The molecular formula is C19H28N2. The minimum Gasteiger partial charge on any atom is -0.342 e. The van der Waals surface area contributed by atoms with Gasteiger partial charge in [-0.2, -0.15) is 0 Å². The van der Waals surface area contributed by atoms with Crippen molar-refractivity contribution in [3.05, 3.63) is 47.8 Å². The lowest BCUT2D eigenvalue weighted by molar-refractivity contribution is 1.04. The maximum absolute atomic E-state index is 4.41. The number of aromatic nitrogens is 2. The van der Waals surface area contributed by atoms with Crippen LogP contribution in [0.4, 0.5) is 0 Å². The van der Waals surface area contributed by atoms with Gasteiger partial charge in [0.05, 0.1) is 11.0 Å². The molecule has 1 aliphatic carbocycles. The molecule has 0 saturated carbocycles. The SMILES string of the molecule is CC.CCC.Cc1nc2ccc(C3=CCCC=C3)cc2[nH]1. The summed E-state index contributed by atoms with van der Waals surface area (Å²) >= 11 is 0. The van der Waals surface area contributed by atoms with Crippen LogP contribution in [0.5, 0.6) is 0 Å². The second-order valence-electron chi connectivity index (χ2n) is 4.90. The van der Waals surface area contributed by atoms with Gasteiger partial charge in [0.2, 0.25) is 0 Å². The van der Waals surface area contributed by atoms with Gasteiger partial charge in [-0.1, -0.05) is 58.4 Å². The summed E-state index contributed by atoms with van der Waals surface area (Å²) in [5, 5.41) is 0. The van der Waals surface area contributed by atoms with E-state index < -0.39 is 0 Å². The van der Waals surface area contributed by atoms with Crippen molar-refractivity contribution in [2.24, 2.45) is 0 Å². The van der Waals surface area contributed by atoms with Gasteiger partial charge in [0.25, 0.3) is 0 Å². The molecule has 2 nitrogen and oxygen atoms in total. The topological polar surface area (TPSA) is 28.7 Å². The lowest BCUT2D eigenvalue weighted by atomic mass is 9.99. The molecule has 1 aliphatic rings. The molecule has 0 fully saturated rings. The fourth-order valence-corrected chi connectivity index (χ4v) is 2.14. The van der Waals surface area contributed by atoms with Crippen molar-refractivity contribution in [2.75, 3.05) is 0 Å². The Labute approximate surface area is 129 Å². The summed E-state index contributed by atoms with van der Waals surface area (Å²) < 4.78 is 0. The van der Waals surface area contributed by atoms with Gasteiger partial charge in [0, 0.05) is 0 Å². The van der Waals surface area contributed by atoms with Gasteiger partial charge in [-0.3, -0.25) is 0 Å². The van der Waals surface area contributed by atoms with Crippen LogP contribution in [-0.4, -0.2) is 9.97 Å². The summed E-state index contributed by atoms with van der Waals surface area (Å²) in [6.07, 6.45) is 10.3. The van der Waals surface area contributed by atoms with Crippen molar-refractivity contribution >= 4 is 16.6 Å². The molecule has 2 aromatic rings. The molecule has 0 aliphatic heterocycles. The highest BCUT2D eigenvalue weighted by Gasteiger charge is 2.04. The average molecular weight is 284 g/mol. The van der Waals surface area contributed by atoms with Crippen molar-refractivity contribution in [2.45, 2.75) is 53.9 Å². The normalized spacial score (nSPS) is 12.9. The van der Waals surface area contributed by atoms with Gasteiger partial charge in [0.15, 0.2) is 0 Å². The summed E-state index contributed by atoms with van der Waals surface area (Å²) in [5.41, 5.74) is 4.75. The summed E-state index contributed by atoms with van der Waals surface area (Å²) in [6.45, 7) is 10.2. The lowest BCUT2D eigenvalue weighted by Gasteiger charge is -2.06. The van der Waals surface area contributed by atoms with Crippen molar-refractivity contribution in [1.82, 2.24) is 9.97 Å². The number of benzene rings is 1. The molecule has 0 spiro atoms. The molecule has 1 N–H and O–H groups in total. The Hall–Kier alpha value is -1.83. The number of nitrogens with zero attached hydrogens (tertiary/aromatic N) is 1. The first-order valence-corrected chi connectivity index (χ1v) is 8.08. The van der Waals surface area contributed by atoms with E-state index in [9.17, 15) is 0 Å². The highest BCUT2D eigenvalue weighted by atomic mass is 14.9. The zero-order valence-electron chi connectivity index (χ0n) is 14.0. The zero-order chi connectivity index (χ0) is 15.7. The number of allylic oxidation sites excluding steroid dienone is 4. The van der Waals surface area contributed by atoms with Crippen LogP contribution < -0.4 is 0 Å². The van der Waals surface area contributed by atoms with Crippen molar-refractivity contribution < 1.29 is 0 Å². The van der Waals surface area contributed by atoms with Gasteiger partial charge in [-0.05, 0) is 43.0 Å². The van der Waals surface area contributed by atoms with Gasteiger partial charge in [-0.25, -0.2) is 4.98 Å². The molecular weight excluding hydrogens is 256 g/mol. The van der Waals surface area contributed by atoms with Crippen molar-refractivity contribution in [1.29, 1.82) is 0 Å². The number of hydrogen-bond acceptors (Lipinski definition) is 1. The van der Waals surface area contributed by atoms with E-state index in [4.69, 9.17) is 0 Å². The second-order valence-corrected chi connectivity index (χ2v) is 4.90. The van der Waals surface area contributed by atoms with Crippen LogP contribution in [0.25, 0.3) is 16.6 Å². The van der Waals surface area contributed by atoms with E-state index in [1.807, 2.05) is 20.8 Å². The predicted octanol–water partition coefficient (Wildman–Crippen LogP) is 6.05. The molecule has 1 heterocycles. The standard InChI is InChI=1S/C14H14N2.C3H8.C2H6/c1-10-15-13-8-7-12(9-14(13)16-10)11-5-3-2-4-6-11;1-3-2;1-2/h3,5-9H,2,4H2,1H3,(H,15,16);3H2,1-2H3;1-2H3. The van der Waals surface area contributed by atoms with Gasteiger partial charge < -0.3 is 4.98 Å². The van der Waals surface area contributed by atoms with Crippen LogP contribution in [0.15, 0.2) is 36.4 Å². The van der Waals surface area contributed by atoms with Crippen molar-refractivity contribution in [3.63, 3.8) is 0 Å². The zero-order valence-corrected chi connectivity index (χ0v) is 14.0. The third-order valence-electron chi connectivity index (χ3n) is 2.93. The largest absolute Gasteiger partial charge is 0.342 e. The number of imidazole rings is 1. The second kappa shape index (κ2) is 9.17. The molecule has 21 heavy (non-hydrogen) atoms. The van der Waals surface area contributed by atoms with Gasteiger partial charge >= 0.3 is 0 Å². The van der Waals surface area contributed by atoms with Gasteiger partial charge in [-0.15, -0.1) is 0 Å². The number of aryl methyl sites for hydroxylation is 1. The summed E-state index contributed by atoms with van der Waals surface area (Å²) in [4.78, 5) is 7.68. The maximum atomic E-state index is 4.41. The quantitative estimate of drug-likeness (QED) is 0.678. The van der Waals surface area contributed by atoms with Gasteiger partial charge in [0.1, 0.15) is 5.82 Å². The molecule has 2 heteroatoms. The van der Waals surface area contributed by atoms with Crippen LogP contribution in [0.1, 0.15) is 58.3 Å². The number of aromatic amines is 1. The van der Waals surface area contributed by atoms with E-state index in [1.54, 1.807) is 0 Å². The molecule has 0 unspecified atom stereocenters. The van der Waals surface area contributed by atoms with Crippen LogP contribution in [-0.2, 0) is 0 Å². The van der Waals surface area contributed by atoms with Crippen LogP contribution in [0, 0.1) is 6.92 Å². The average Bonchev–Trinajstić information content (AvgIpc) is 2.90. The number of fused-ring (bicyclic) bond motifs is 1. The third kappa shape index (κ3) is 4.89. The molecule has 114 valence electrons. The first-order valence-electron chi connectivity index (χ1n) is 8.08. The van der Waals surface area contributed by atoms with E-state index in [0.29, 0.717) is 0 Å². The highest BCUT2D eigenvalue weighted by molar-refractivity contribution is 5.83. The highest BCUT2D eigenvalue weighted by Crippen LogP contribution is 2.24. The Kier molecular flexibility index (Phi) is 7.52. The van der Waals surface area contributed by atoms with Crippen LogP contribution >= 0.6 is 0 Å². The molecule has 0 saturated heterocycles. The van der Waals surface area contributed by atoms with E-state index in [-0.39, 0.29) is 0 Å². The smallest absolute Gasteiger partial charge is 0.104 e. The Bertz CT molecular complexity index is 603. The molecule has 0 atom stereocenters. The first-order chi connectivity index (χ1) is 10.2. The third-order valence-corrected chi connectivity index (χ3v) is 2.93. The molecule has 1 aromatic heterocycles. The van der Waals surface area contributed by atoms with E-state index in [2.05, 4.69) is 60.2 Å². The first kappa shape index (κ1) is 17.2. The number of nitrogens with one attached hydrogen (secondary N) is 1. The van der Waals surface area contributed by atoms with Crippen LogP contribution in [0.3, 0.4) is 0 Å². The van der Waals surface area contributed by atoms with Crippen LogP contribution in [0.2, 0.25) is 0 Å². The molecule has 0 bridgehead atoms. The minimum atomic E-state index is 0.973. The van der Waals surface area contributed by atoms with E-state index in [0.717, 1.165) is 29.7 Å². The molecule has 3 rings (SSSR count). The maximum Gasteiger partial charge on any atom is 0.104 e. The minimum absolute atomic E-state index is 0.973. The molecule has 0 amide bonds. The Morgan fingerprint density at radius 3 is 2.48 bits per heavy atom. The monoisotopic (exact) mass is 284 g/mol. The summed E-state index contributed by atoms with van der Waals surface area (Å²) in [5.74, 6) is 0.973. The number of rotatable bonds is 1. The van der Waals surface area contributed by atoms with E-state index in [1.165, 1.54) is 17.6 Å². The fraction of sp³-hybridized carbons (Fsp3) is 0.421. The summed E-state index contributed by atoms with van der Waals surface area (Å²) in [6, 6.07) is 6.40. The van der Waals surface area contributed by atoms with Crippen molar-refractivity contribution in [3.8, 4) is 0 Å². The lowest BCUT2D eigenvalue weighted by Crippen LogP contribution is -1.85. The Morgan fingerprint density at radius 1 is 1.14 bits per heavy atom. The number of H-pyrrole nitrogens is 1. The van der Waals surface area contributed by atoms with E-state index >= 15 is 0 Å². The summed E-state index contributed by atoms with van der Waals surface area (Å²) in [7, 11) is 0. The Balaban J connectivity index is 0.000000395. The fourth-order valence-electron chi connectivity index (χ4n) is 2.14. The molecule has 1 aromatic carbocycles. The predicted molar refractivity (Wildman–Crippen MR) is 94.5 cm³/mol. The Morgan fingerprint density at radius 2 is 1.86 bits per heavy atom.